The zero-order valence-electron chi connectivity index (χ0n) is 15.2. The number of carbonyl (C=O) groups excluding carboxylic acids is 2. The number of hydrogen-bond acceptors (Lipinski definition) is 5. The van der Waals surface area contributed by atoms with Gasteiger partial charge in [-0.3, -0.25) is 9.59 Å². The Labute approximate surface area is 162 Å². The van der Waals surface area contributed by atoms with Crippen molar-refractivity contribution in [2.75, 3.05) is 12.4 Å². The first-order chi connectivity index (χ1) is 13.5. The van der Waals surface area contributed by atoms with Crippen LogP contribution in [0.25, 0.3) is 0 Å². The van der Waals surface area contributed by atoms with Gasteiger partial charge in [0.1, 0.15) is 16.9 Å². The first kappa shape index (κ1) is 17.8. The molecule has 28 heavy (non-hydrogen) atoms. The summed E-state index contributed by atoms with van der Waals surface area (Å²) in [5, 5.41) is 23.4. The molecule has 138 valence electrons. The monoisotopic (exact) mass is 371 g/mol. The van der Waals surface area contributed by atoms with Gasteiger partial charge in [0.2, 0.25) is 5.91 Å². The highest BCUT2D eigenvalue weighted by atomic mass is 16.5. The average molecular weight is 371 g/mol. The van der Waals surface area contributed by atoms with Gasteiger partial charge in [-0.1, -0.05) is 36.4 Å². The molecule has 4 rings (SSSR count). The Hall–Kier alpha value is -3.64. The molecular weight excluding hydrogens is 354 g/mol. The number of nitrogens with zero attached hydrogens (tertiary/aromatic N) is 2. The summed E-state index contributed by atoms with van der Waals surface area (Å²) >= 11 is 0. The fourth-order valence-electron chi connectivity index (χ4n) is 4.74. The van der Waals surface area contributed by atoms with E-state index in [2.05, 4.69) is 17.5 Å². The number of ether oxygens (including phenoxy) is 1. The van der Waals surface area contributed by atoms with Gasteiger partial charge in [-0.25, -0.2) is 0 Å². The van der Waals surface area contributed by atoms with Crippen LogP contribution in [0, 0.1) is 28.1 Å². The Morgan fingerprint density at radius 1 is 1.07 bits per heavy atom. The van der Waals surface area contributed by atoms with E-state index in [0.29, 0.717) is 22.6 Å². The van der Waals surface area contributed by atoms with Crippen LogP contribution in [-0.2, 0) is 15.0 Å². The van der Waals surface area contributed by atoms with Crippen molar-refractivity contribution in [3.8, 4) is 17.9 Å². The minimum absolute atomic E-state index is 0.00130. The average Bonchev–Trinajstić information content (AvgIpc) is 3.00. The molecule has 1 saturated carbocycles. The lowest BCUT2D eigenvalue weighted by Gasteiger charge is -2.46. The zero-order valence-corrected chi connectivity index (χ0v) is 15.2. The lowest BCUT2D eigenvalue weighted by Crippen LogP contribution is -2.56. The number of anilines is 1. The molecule has 0 unspecified atom stereocenters. The first-order valence-electron chi connectivity index (χ1n) is 8.92. The SMILES string of the molecule is COc1ccccc1[C@H]1CC(=O)C[C@@]2(C(=O)Nc3ccccc32)C1(C#N)C#N. The Kier molecular flexibility index (Phi) is 3.94. The normalized spacial score (nSPS) is 24.8. The van der Waals surface area contributed by atoms with Crippen LogP contribution in [-0.4, -0.2) is 18.8 Å². The summed E-state index contributed by atoms with van der Waals surface area (Å²) in [5.41, 5.74) is -1.68. The number of nitrogens with one attached hydrogen (secondary N) is 1. The summed E-state index contributed by atoms with van der Waals surface area (Å²) in [6.45, 7) is 0. The third-order valence-corrected chi connectivity index (χ3v) is 5.98. The lowest BCUT2D eigenvalue weighted by molar-refractivity contribution is -0.134. The van der Waals surface area contributed by atoms with Crippen molar-refractivity contribution >= 4 is 17.4 Å². The molecule has 1 amide bonds. The number of benzene rings is 2. The van der Waals surface area contributed by atoms with Crippen molar-refractivity contribution in [1.82, 2.24) is 0 Å². The Balaban J connectivity index is 2.04. The fraction of sp³-hybridized carbons (Fsp3) is 0.273. The smallest absolute Gasteiger partial charge is 0.238 e. The lowest BCUT2D eigenvalue weighted by atomic mass is 9.49. The largest absolute Gasteiger partial charge is 0.496 e. The van der Waals surface area contributed by atoms with Gasteiger partial charge < -0.3 is 10.1 Å². The summed E-state index contributed by atoms with van der Waals surface area (Å²) in [7, 11) is 1.50. The van der Waals surface area contributed by atoms with Crippen molar-refractivity contribution in [1.29, 1.82) is 10.5 Å². The van der Waals surface area contributed by atoms with Crippen LogP contribution in [0.3, 0.4) is 0 Å². The molecule has 2 aromatic carbocycles. The van der Waals surface area contributed by atoms with Gasteiger partial charge in [-0.15, -0.1) is 0 Å². The molecule has 2 aliphatic rings. The molecule has 0 aromatic heterocycles. The highest BCUT2D eigenvalue weighted by Gasteiger charge is 2.69. The van der Waals surface area contributed by atoms with E-state index in [4.69, 9.17) is 4.74 Å². The summed E-state index contributed by atoms with van der Waals surface area (Å²) in [5.74, 6) is -0.954. The fourth-order valence-corrected chi connectivity index (χ4v) is 4.74. The number of methoxy groups -OCH3 is 1. The summed E-state index contributed by atoms with van der Waals surface area (Å²) in [6.07, 6.45) is -0.179. The molecule has 6 heteroatoms. The second-order valence-electron chi connectivity index (χ2n) is 7.15. The predicted octanol–water partition coefficient (Wildman–Crippen LogP) is 3.07. The van der Waals surface area contributed by atoms with Crippen molar-refractivity contribution in [2.24, 2.45) is 5.41 Å². The Bertz CT molecular complexity index is 1060. The molecule has 6 nitrogen and oxygen atoms in total. The topological polar surface area (TPSA) is 103 Å². The summed E-state index contributed by atoms with van der Waals surface area (Å²) < 4.78 is 5.43. The zero-order chi connectivity index (χ0) is 19.9. The van der Waals surface area contributed by atoms with Crippen molar-refractivity contribution < 1.29 is 14.3 Å². The van der Waals surface area contributed by atoms with Crippen LogP contribution in [0.5, 0.6) is 5.75 Å². The van der Waals surface area contributed by atoms with Gasteiger partial charge in [0.25, 0.3) is 0 Å². The van der Waals surface area contributed by atoms with Crippen LogP contribution in [0.15, 0.2) is 48.5 Å². The second-order valence-corrected chi connectivity index (χ2v) is 7.15. The van der Waals surface area contributed by atoms with E-state index in [1.807, 2.05) is 0 Å². The number of para-hydroxylation sites is 2. The minimum atomic E-state index is -1.76. The maximum absolute atomic E-state index is 13.2. The maximum atomic E-state index is 13.2. The molecule has 0 saturated heterocycles. The number of fused-ring (bicyclic) bond motifs is 2. The van der Waals surface area contributed by atoms with Gasteiger partial charge in [-0.05, 0) is 17.7 Å². The number of amides is 1. The van der Waals surface area contributed by atoms with Gasteiger partial charge in [0.15, 0.2) is 5.41 Å². The molecule has 1 aliphatic heterocycles. The molecule has 2 atom stereocenters. The standard InChI is InChI=1S/C22H17N3O3/c1-28-19-9-5-2-6-15(19)17-10-14(26)11-22(21(17,12-23)13-24)16-7-3-4-8-18(16)25-20(22)27/h2-9,17H,10-11H2,1H3,(H,25,27)/t17-,22-/m1/s1. The highest BCUT2D eigenvalue weighted by molar-refractivity contribution is 6.11. The molecule has 2 aromatic rings. The number of rotatable bonds is 2. The summed E-state index contributed by atoms with van der Waals surface area (Å²) in [4.78, 5) is 26.1. The molecule has 1 heterocycles. The Morgan fingerprint density at radius 2 is 1.75 bits per heavy atom. The van der Waals surface area contributed by atoms with E-state index in [1.54, 1.807) is 48.5 Å². The number of hydrogen-bond donors (Lipinski definition) is 1. The van der Waals surface area contributed by atoms with E-state index in [0.717, 1.165) is 0 Å². The molecular formula is C22H17N3O3. The Morgan fingerprint density at radius 3 is 2.46 bits per heavy atom. The predicted molar refractivity (Wildman–Crippen MR) is 100 cm³/mol. The third kappa shape index (κ3) is 2.06. The highest BCUT2D eigenvalue weighted by Crippen LogP contribution is 2.61. The number of ketones is 1. The van der Waals surface area contributed by atoms with Crippen molar-refractivity contribution in [3.63, 3.8) is 0 Å². The van der Waals surface area contributed by atoms with Crippen LogP contribution in [0.1, 0.15) is 29.9 Å². The number of nitriles is 2. The first-order valence-corrected chi connectivity index (χ1v) is 8.92. The van der Waals surface area contributed by atoms with E-state index in [1.165, 1.54) is 7.11 Å². The van der Waals surface area contributed by atoms with Crippen LogP contribution >= 0.6 is 0 Å². The van der Waals surface area contributed by atoms with E-state index >= 15 is 0 Å². The van der Waals surface area contributed by atoms with Gasteiger partial charge >= 0.3 is 0 Å². The van der Waals surface area contributed by atoms with Crippen molar-refractivity contribution in [3.05, 3.63) is 59.7 Å². The minimum Gasteiger partial charge on any atom is -0.496 e. The molecule has 0 bridgehead atoms. The van der Waals surface area contributed by atoms with E-state index in [9.17, 15) is 20.1 Å². The number of Topliss-reactive ketones (excluding diaryl/α,β-unsaturated/α-hetero) is 1. The molecule has 1 spiro atoms. The van der Waals surface area contributed by atoms with Gasteiger partial charge in [0.05, 0.1) is 19.2 Å². The molecule has 1 N–H and O–H groups in total. The third-order valence-electron chi connectivity index (χ3n) is 5.98. The van der Waals surface area contributed by atoms with Crippen LogP contribution < -0.4 is 10.1 Å². The van der Waals surface area contributed by atoms with Crippen molar-refractivity contribution in [2.45, 2.75) is 24.2 Å². The van der Waals surface area contributed by atoms with Crippen LogP contribution in [0.4, 0.5) is 5.69 Å². The molecule has 1 aliphatic carbocycles. The van der Waals surface area contributed by atoms with Crippen LogP contribution in [0.2, 0.25) is 0 Å². The van der Waals surface area contributed by atoms with Gasteiger partial charge in [0, 0.05) is 30.0 Å². The van der Waals surface area contributed by atoms with E-state index < -0.39 is 22.7 Å². The molecule has 1 fully saturated rings. The quantitative estimate of drug-likeness (QED) is 0.874. The molecule has 0 radical (unpaired) electrons. The number of carbonyl (C=O) groups is 2. The van der Waals surface area contributed by atoms with Gasteiger partial charge in [-0.2, -0.15) is 10.5 Å². The van der Waals surface area contributed by atoms with E-state index in [-0.39, 0.29) is 18.6 Å². The summed E-state index contributed by atoms with van der Waals surface area (Å²) in [6, 6.07) is 18.3. The maximum Gasteiger partial charge on any atom is 0.238 e. The second kappa shape index (κ2) is 6.21.